The van der Waals surface area contributed by atoms with E-state index in [0.717, 1.165) is 10.2 Å². The molecule has 0 spiro atoms. The smallest absolute Gasteiger partial charge is 0.220 e. The highest BCUT2D eigenvalue weighted by atomic mass is 35.5. The summed E-state index contributed by atoms with van der Waals surface area (Å²) < 4.78 is 1.08. The highest BCUT2D eigenvalue weighted by Gasteiger charge is 1.95. The van der Waals surface area contributed by atoms with Crippen molar-refractivity contribution in [3.8, 4) is 0 Å². The van der Waals surface area contributed by atoms with Crippen molar-refractivity contribution in [1.82, 2.24) is 9.97 Å². The van der Waals surface area contributed by atoms with Gasteiger partial charge in [-0.3, -0.25) is 0 Å². The van der Waals surface area contributed by atoms with Crippen LogP contribution >= 0.6 is 23.7 Å². The summed E-state index contributed by atoms with van der Waals surface area (Å²) in [6, 6.07) is 1.93. The second-order valence-electron chi connectivity index (χ2n) is 1.90. The maximum atomic E-state index is 5.37. The van der Waals surface area contributed by atoms with Gasteiger partial charge in [0.2, 0.25) is 5.95 Å². The van der Waals surface area contributed by atoms with E-state index >= 15 is 0 Å². The van der Waals surface area contributed by atoms with Crippen LogP contribution in [0.15, 0.2) is 17.6 Å². The fraction of sp³-hybridized carbons (Fsp3) is 0. The Bertz CT molecular complexity index is 359. The van der Waals surface area contributed by atoms with Crippen LogP contribution in [-0.2, 0) is 0 Å². The fourth-order valence-corrected chi connectivity index (χ4v) is 1.47. The Balaban J connectivity index is 0.000000605. The van der Waals surface area contributed by atoms with Crippen LogP contribution in [0.25, 0.3) is 10.2 Å². The van der Waals surface area contributed by atoms with Crippen molar-refractivity contribution >= 4 is 39.9 Å². The first-order chi connectivity index (χ1) is 4.86. The van der Waals surface area contributed by atoms with Crippen LogP contribution in [0.2, 0.25) is 0 Å². The average molecular weight is 188 g/mol. The first kappa shape index (κ1) is 8.23. The first-order valence-corrected chi connectivity index (χ1v) is 3.70. The number of nitrogen functional groups attached to an aromatic ring is 1. The Morgan fingerprint density at radius 1 is 1.45 bits per heavy atom. The van der Waals surface area contributed by atoms with Gasteiger partial charge < -0.3 is 5.73 Å². The van der Waals surface area contributed by atoms with Crippen LogP contribution in [0.4, 0.5) is 5.95 Å². The molecule has 0 atom stereocenters. The van der Waals surface area contributed by atoms with Crippen LogP contribution in [0.5, 0.6) is 0 Å². The zero-order valence-corrected chi connectivity index (χ0v) is 7.15. The lowest BCUT2D eigenvalue weighted by Gasteiger charge is -1.88. The number of rotatable bonds is 0. The molecule has 0 saturated carbocycles. The highest BCUT2D eigenvalue weighted by molar-refractivity contribution is 7.17. The molecule has 3 nitrogen and oxygen atoms in total. The van der Waals surface area contributed by atoms with Crippen LogP contribution in [0, 0.1) is 0 Å². The molecular weight excluding hydrogens is 182 g/mol. The van der Waals surface area contributed by atoms with Crippen molar-refractivity contribution < 1.29 is 0 Å². The minimum Gasteiger partial charge on any atom is -0.368 e. The van der Waals surface area contributed by atoms with E-state index in [0.29, 0.717) is 5.95 Å². The number of aromatic nitrogens is 2. The van der Waals surface area contributed by atoms with Gasteiger partial charge in [-0.2, -0.15) is 0 Å². The molecule has 0 saturated heterocycles. The lowest BCUT2D eigenvalue weighted by atomic mass is 10.5. The summed E-state index contributed by atoms with van der Waals surface area (Å²) in [4.78, 5) is 7.87. The monoisotopic (exact) mass is 187 g/mol. The van der Waals surface area contributed by atoms with E-state index in [4.69, 9.17) is 5.73 Å². The summed E-state index contributed by atoms with van der Waals surface area (Å²) in [6.07, 6.45) is 1.74. The summed E-state index contributed by atoms with van der Waals surface area (Å²) in [5.41, 5.74) is 6.29. The lowest BCUT2D eigenvalue weighted by Crippen LogP contribution is -1.91. The van der Waals surface area contributed by atoms with Crippen LogP contribution in [0.1, 0.15) is 0 Å². The van der Waals surface area contributed by atoms with E-state index in [-0.39, 0.29) is 12.4 Å². The summed E-state index contributed by atoms with van der Waals surface area (Å²) in [5, 5.41) is 1.97. The zero-order valence-electron chi connectivity index (χ0n) is 5.52. The van der Waals surface area contributed by atoms with E-state index in [1.54, 1.807) is 17.5 Å². The predicted octanol–water partition coefficient (Wildman–Crippen LogP) is 1.70. The number of thiophene rings is 1. The normalized spacial score (nSPS) is 9.45. The van der Waals surface area contributed by atoms with Gasteiger partial charge in [-0.15, -0.1) is 23.7 Å². The third-order valence-corrected chi connectivity index (χ3v) is 2.06. The molecule has 0 unspecified atom stereocenters. The average Bonchev–Trinajstić information content (AvgIpc) is 2.33. The Kier molecular flexibility index (Phi) is 2.26. The molecule has 2 aromatic heterocycles. The van der Waals surface area contributed by atoms with E-state index in [9.17, 15) is 0 Å². The molecule has 0 bridgehead atoms. The summed E-state index contributed by atoms with van der Waals surface area (Å²) in [7, 11) is 0. The molecule has 0 fully saturated rings. The van der Waals surface area contributed by atoms with Crippen molar-refractivity contribution in [2.75, 3.05) is 5.73 Å². The standard InChI is InChI=1S/C6H5N3S.ClH/c7-6-8-3-5-4(9-6)1-2-10-5;/h1-3H,(H2,7,8,9);1H. The number of hydrogen-bond acceptors (Lipinski definition) is 4. The number of halogens is 1. The molecule has 5 heteroatoms. The van der Waals surface area contributed by atoms with E-state index in [1.165, 1.54) is 0 Å². The van der Waals surface area contributed by atoms with Crippen LogP contribution in [0.3, 0.4) is 0 Å². The van der Waals surface area contributed by atoms with Crippen molar-refractivity contribution in [1.29, 1.82) is 0 Å². The van der Waals surface area contributed by atoms with Crippen LogP contribution in [-0.4, -0.2) is 9.97 Å². The molecule has 0 aromatic carbocycles. The van der Waals surface area contributed by atoms with Gasteiger partial charge in [-0.25, -0.2) is 9.97 Å². The van der Waals surface area contributed by atoms with Crippen LogP contribution < -0.4 is 5.73 Å². The summed E-state index contributed by atoms with van der Waals surface area (Å²) in [5.74, 6) is 0.339. The zero-order chi connectivity index (χ0) is 6.97. The topological polar surface area (TPSA) is 51.8 Å². The van der Waals surface area contributed by atoms with Gasteiger partial charge in [-0.05, 0) is 11.4 Å². The molecule has 0 aliphatic carbocycles. The maximum Gasteiger partial charge on any atom is 0.220 e. The SMILES string of the molecule is Cl.Nc1ncc2sccc2n1. The largest absolute Gasteiger partial charge is 0.368 e. The molecule has 0 amide bonds. The van der Waals surface area contributed by atoms with Gasteiger partial charge in [0.1, 0.15) is 0 Å². The molecule has 11 heavy (non-hydrogen) atoms. The minimum absolute atomic E-state index is 0. The van der Waals surface area contributed by atoms with E-state index in [2.05, 4.69) is 9.97 Å². The Morgan fingerprint density at radius 2 is 2.27 bits per heavy atom. The second kappa shape index (κ2) is 3.02. The maximum absolute atomic E-state index is 5.37. The van der Waals surface area contributed by atoms with Crippen molar-refractivity contribution in [3.05, 3.63) is 17.6 Å². The number of anilines is 1. The molecule has 2 rings (SSSR count). The minimum atomic E-state index is 0. The number of hydrogen-bond donors (Lipinski definition) is 1. The van der Waals surface area contributed by atoms with Gasteiger partial charge in [0.05, 0.1) is 16.4 Å². The van der Waals surface area contributed by atoms with Crippen molar-refractivity contribution in [2.24, 2.45) is 0 Å². The molecule has 58 valence electrons. The van der Waals surface area contributed by atoms with Gasteiger partial charge in [0.25, 0.3) is 0 Å². The summed E-state index contributed by atoms with van der Waals surface area (Å²) >= 11 is 1.62. The first-order valence-electron chi connectivity index (χ1n) is 2.82. The quantitative estimate of drug-likeness (QED) is 0.683. The third-order valence-electron chi connectivity index (χ3n) is 1.22. The molecule has 2 heterocycles. The Labute approximate surface area is 73.7 Å². The molecule has 2 N–H and O–H groups in total. The molecule has 0 aliphatic heterocycles. The van der Waals surface area contributed by atoms with Gasteiger partial charge in [-0.1, -0.05) is 0 Å². The lowest BCUT2D eigenvalue weighted by molar-refractivity contribution is 1.25. The predicted molar refractivity (Wildman–Crippen MR) is 49.1 cm³/mol. The molecule has 2 aromatic rings. The molecule has 0 radical (unpaired) electrons. The molecular formula is C6H6ClN3S. The van der Waals surface area contributed by atoms with Gasteiger partial charge in [0.15, 0.2) is 0 Å². The number of fused-ring (bicyclic) bond motifs is 1. The number of nitrogens with zero attached hydrogens (tertiary/aromatic N) is 2. The third kappa shape index (κ3) is 1.41. The fourth-order valence-electron chi connectivity index (χ4n) is 0.780. The number of nitrogens with two attached hydrogens (primary N) is 1. The van der Waals surface area contributed by atoms with Crippen molar-refractivity contribution in [3.63, 3.8) is 0 Å². The summed E-state index contributed by atoms with van der Waals surface area (Å²) in [6.45, 7) is 0. The van der Waals surface area contributed by atoms with E-state index in [1.807, 2.05) is 11.4 Å². The van der Waals surface area contributed by atoms with Gasteiger partial charge in [0, 0.05) is 0 Å². The van der Waals surface area contributed by atoms with E-state index < -0.39 is 0 Å². The second-order valence-corrected chi connectivity index (χ2v) is 2.85. The Hall–Kier alpha value is -0.870. The highest BCUT2D eigenvalue weighted by Crippen LogP contribution is 2.17. The Morgan fingerprint density at radius 3 is 3.09 bits per heavy atom. The van der Waals surface area contributed by atoms with Gasteiger partial charge >= 0.3 is 0 Å². The van der Waals surface area contributed by atoms with Crippen molar-refractivity contribution in [2.45, 2.75) is 0 Å². The molecule has 0 aliphatic rings.